The Morgan fingerprint density at radius 2 is 2.00 bits per heavy atom. The fraction of sp³-hybridized carbons (Fsp3) is 0.111. The van der Waals surface area contributed by atoms with Gasteiger partial charge < -0.3 is 4.74 Å². The van der Waals surface area contributed by atoms with Gasteiger partial charge in [-0.2, -0.15) is 5.10 Å². The van der Waals surface area contributed by atoms with Crippen LogP contribution in [0.1, 0.15) is 5.56 Å². The van der Waals surface area contributed by atoms with Crippen molar-refractivity contribution >= 4 is 23.0 Å². The van der Waals surface area contributed by atoms with Gasteiger partial charge in [0.05, 0.1) is 30.6 Å². The summed E-state index contributed by atoms with van der Waals surface area (Å²) in [4.78, 5) is 28.4. The van der Waals surface area contributed by atoms with Gasteiger partial charge in [0.1, 0.15) is 12.3 Å². The fourth-order valence-electron chi connectivity index (χ4n) is 2.28. The number of nitrogens with one attached hydrogen (secondary N) is 1. The molecule has 7 nitrogen and oxygen atoms in total. The van der Waals surface area contributed by atoms with Crippen LogP contribution < -0.4 is 15.7 Å². The summed E-state index contributed by atoms with van der Waals surface area (Å²) in [6, 6.07) is 14.2. The first-order valence-electron chi connectivity index (χ1n) is 7.57. The van der Waals surface area contributed by atoms with Gasteiger partial charge in [-0.3, -0.25) is 14.2 Å². The van der Waals surface area contributed by atoms with Crippen LogP contribution in [0.25, 0.3) is 10.9 Å². The lowest BCUT2D eigenvalue weighted by molar-refractivity contribution is -0.121. The van der Waals surface area contributed by atoms with Crippen molar-refractivity contribution in [1.29, 1.82) is 0 Å². The predicted molar refractivity (Wildman–Crippen MR) is 94.7 cm³/mol. The molecule has 0 unspecified atom stereocenters. The lowest BCUT2D eigenvalue weighted by atomic mass is 10.2. The standard InChI is InChI=1S/C18H16N4O3/c1-25-14-8-6-13(7-9-14)10-20-21-17(23)11-22-12-19-16-5-3-2-4-15(16)18(22)24/h2-10,12H,11H2,1H3,(H,21,23)/b20-10+. The largest absolute Gasteiger partial charge is 0.497 e. The number of carbonyl (C=O) groups excluding carboxylic acids is 1. The maximum Gasteiger partial charge on any atom is 0.261 e. The van der Waals surface area contributed by atoms with Gasteiger partial charge in [0.2, 0.25) is 0 Å². The van der Waals surface area contributed by atoms with Crippen LogP contribution in [0.2, 0.25) is 0 Å². The summed E-state index contributed by atoms with van der Waals surface area (Å²) in [5, 5.41) is 4.36. The summed E-state index contributed by atoms with van der Waals surface area (Å²) in [6.07, 6.45) is 2.87. The molecule has 0 fully saturated rings. The molecule has 7 heteroatoms. The van der Waals surface area contributed by atoms with Gasteiger partial charge in [-0.25, -0.2) is 10.4 Å². The number of para-hydroxylation sites is 1. The molecule has 1 aromatic heterocycles. The number of benzene rings is 2. The van der Waals surface area contributed by atoms with Crippen molar-refractivity contribution in [2.45, 2.75) is 6.54 Å². The maximum absolute atomic E-state index is 12.3. The van der Waals surface area contributed by atoms with E-state index in [1.165, 1.54) is 17.1 Å². The van der Waals surface area contributed by atoms with Crippen LogP contribution in [0.4, 0.5) is 0 Å². The average molecular weight is 336 g/mol. The molecule has 3 aromatic rings. The highest BCUT2D eigenvalue weighted by Gasteiger charge is 2.07. The van der Waals surface area contributed by atoms with Crippen molar-refractivity contribution in [2.75, 3.05) is 7.11 Å². The molecule has 0 radical (unpaired) electrons. The molecule has 0 saturated carbocycles. The van der Waals surface area contributed by atoms with Crippen LogP contribution in [0.15, 0.2) is 64.8 Å². The van der Waals surface area contributed by atoms with E-state index in [-0.39, 0.29) is 12.1 Å². The van der Waals surface area contributed by atoms with E-state index in [0.29, 0.717) is 10.9 Å². The van der Waals surface area contributed by atoms with E-state index >= 15 is 0 Å². The first-order chi connectivity index (χ1) is 12.2. The highest BCUT2D eigenvalue weighted by Crippen LogP contribution is 2.09. The average Bonchev–Trinajstić information content (AvgIpc) is 2.65. The number of hydrazone groups is 1. The smallest absolute Gasteiger partial charge is 0.261 e. The molecular weight excluding hydrogens is 320 g/mol. The number of hydrogen-bond acceptors (Lipinski definition) is 5. The number of fused-ring (bicyclic) bond motifs is 1. The molecule has 1 heterocycles. The summed E-state index contributed by atoms with van der Waals surface area (Å²) in [5.41, 5.74) is 3.54. The topological polar surface area (TPSA) is 85.6 Å². The summed E-state index contributed by atoms with van der Waals surface area (Å²) in [5.74, 6) is 0.327. The van der Waals surface area contributed by atoms with Crippen molar-refractivity contribution in [1.82, 2.24) is 15.0 Å². The molecular formula is C18H16N4O3. The zero-order valence-corrected chi connectivity index (χ0v) is 13.5. The summed E-state index contributed by atoms with van der Waals surface area (Å²) in [6.45, 7) is -0.156. The van der Waals surface area contributed by atoms with E-state index in [0.717, 1.165) is 11.3 Å². The molecule has 0 saturated heterocycles. The third kappa shape index (κ3) is 3.89. The zero-order valence-electron chi connectivity index (χ0n) is 13.5. The number of nitrogens with zero attached hydrogens (tertiary/aromatic N) is 3. The summed E-state index contributed by atoms with van der Waals surface area (Å²) >= 11 is 0. The van der Waals surface area contributed by atoms with E-state index < -0.39 is 5.91 Å². The Balaban J connectivity index is 1.65. The van der Waals surface area contributed by atoms with E-state index in [1.54, 1.807) is 43.5 Å². The first-order valence-corrected chi connectivity index (χ1v) is 7.57. The number of aromatic nitrogens is 2. The van der Waals surface area contributed by atoms with Gasteiger partial charge in [-0.05, 0) is 42.0 Å². The quantitative estimate of drug-likeness (QED) is 0.566. The predicted octanol–water partition coefficient (Wildman–Crippen LogP) is 1.56. The second-order valence-electron chi connectivity index (χ2n) is 5.26. The molecule has 1 N–H and O–H groups in total. The molecule has 0 aliphatic rings. The van der Waals surface area contributed by atoms with Crippen LogP contribution in [0, 0.1) is 0 Å². The number of methoxy groups -OCH3 is 1. The molecule has 3 rings (SSSR count). The number of hydrogen-bond donors (Lipinski definition) is 1. The fourth-order valence-corrected chi connectivity index (χ4v) is 2.28. The normalized spacial score (nSPS) is 10.9. The molecule has 0 atom stereocenters. The van der Waals surface area contributed by atoms with Crippen LogP contribution in [-0.4, -0.2) is 28.8 Å². The summed E-state index contributed by atoms with van der Waals surface area (Å²) in [7, 11) is 1.59. The SMILES string of the molecule is COc1ccc(/C=N/NC(=O)Cn2cnc3ccccc3c2=O)cc1. The van der Waals surface area contributed by atoms with Crippen LogP contribution >= 0.6 is 0 Å². The van der Waals surface area contributed by atoms with Gasteiger partial charge in [0.15, 0.2) is 0 Å². The van der Waals surface area contributed by atoms with Crippen molar-refractivity contribution in [3.8, 4) is 5.75 Å². The second kappa shape index (κ2) is 7.39. The minimum absolute atomic E-state index is 0.156. The Bertz CT molecular complexity index is 978. The van der Waals surface area contributed by atoms with E-state index in [4.69, 9.17) is 4.74 Å². The minimum atomic E-state index is -0.413. The molecule has 0 spiro atoms. The highest BCUT2D eigenvalue weighted by molar-refractivity contribution is 5.82. The third-order valence-corrected chi connectivity index (χ3v) is 3.56. The number of amides is 1. The lowest BCUT2D eigenvalue weighted by Gasteiger charge is -2.05. The number of carbonyl (C=O) groups is 1. The number of rotatable bonds is 5. The molecule has 1 amide bonds. The molecule has 25 heavy (non-hydrogen) atoms. The van der Waals surface area contributed by atoms with Gasteiger partial charge in [0.25, 0.3) is 11.5 Å². The minimum Gasteiger partial charge on any atom is -0.497 e. The van der Waals surface area contributed by atoms with Gasteiger partial charge in [0, 0.05) is 0 Å². The van der Waals surface area contributed by atoms with E-state index in [2.05, 4.69) is 15.5 Å². The van der Waals surface area contributed by atoms with Gasteiger partial charge in [-0.1, -0.05) is 12.1 Å². The van der Waals surface area contributed by atoms with Crippen molar-refractivity contribution in [3.63, 3.8) is 0 Å². The highest BCUT2D eigenvalue weighted by atomic mass is 16.5. The Labute approximate surface area is 143 Å². The Morgan fingerprint density at radius 3 is 2.76 bits per heavy atom. The van der Waals surface area contributed by atoms with Crippen molar-refractivity contribution < 1.29 is 9.53 Å². The Morgan fingerprint density at radius 1 is 1.24 bits per heavy atom. The first kappa shape index (κ1) is 16.4. The lowest BCUT2D eigenvalue weighted by Crippen LogP contribution is -2.30. The summed E-state index contributed by atoms with van der Waals surface area (Å²) < 4.78 is 6.32. The van der Waals surface area contributed by atoms with Crippen molar-refractivity contribution in [2.24, 2.45) is 5.10 Å². The Hall–Kier alpha value is -3.48. The van der Waals surface area contributed by atoms with E-state index in [1.807, 2.05) is 12.1 Å². The molecule has 0 bridgehead atoms. The molecule has 2 aromatic carbocycles. The molecule has 0 aliphatic carbocycles. The maximum atomic E-state index is 12.3. The van der Waals surface area contributed by atoms with Crippen LogP contribution in [0.5, 0.6) is 5.75 Å². The molecule has 0 aliphatic heterocycles. The monoisotopic (exact) mass is 336 g/mol. The third-order valence-electron chi connectivity index (χ3n) is 3.56. The zero-order chi connectivity index (χ0) is 17.6. The van der Waals surface area contributed by atoms with Gasteiger partial charge in [-0.15, -0.1) is 0 Å². The Kier molecular flexibility index (Phi) is 4.84. The van der Waals surface area contributed by atoms with Gasteiger partial charge >= 0.3 is 0 Å². The van der Waals surface area contributed by atoms with Crippen LogP contribution in [-0.2, 0) is 11.3 Å². The second-order valence-corrected chi connectivity index (χ2v) is 5.26. The number of ether oxygens (including phenoxy) is 1. The molecule has 126 valence electrons. The van der Waals surface area contributed by atoms with Crippen molar-refractivity contribution in [3.05, 3.63) is 70.8 Å². The van der Waals surface area contributed by atoms with Crippen LogP contribution in [0.3, 0.4) is 0 Å². The van der Waals surface area contributed by atoms with E-state index in [9.17, 15) is 9.59 Å².